The highest BCUT2D eigenvalue weighted by Gasteiger charge is 2.17. The van der Waals surface area contributed by atoms with Crippen LogP contribution in [-0.2, 0) is 9.84 Å². The van der Waals surface area contributed by atoms with E-state index in [0.29, 0.717) is 10.6 Å². The average molecular weight is 245 g/mol. The van der Waals surface area contributed by atoms with E-state index in [1.165, 1.54) is 0 Å². The second kappa shape index (κ2) is 5.01. The summed E-state index contributed by atoms with van der Waals surface area (Å²) in [4.78, 5) is 0.324. The normalized spacial score (nSPS) is 13.8. The van der Waals surface area contributed by atoms with E-state index < -0.39 is 15.9 Å². The summed E-state index contributed by atoms with van der Waals surface area (Å²) in [6, 6.07) is 6.35. The number of sulfone groups is 1. The number of benzene rings is 1. The highest BCUT2D eigenvalue weighted by Crippen LogP contribution is 2.12. The van der Waals surface area contributed by atoms with Crippen molar-refractivity contribution in [2.24, 2.45) is 5.73 Å². The first kappa shape index (κ1) is 12.5. The largest absolute Gasteiger partial charge is 0.326 e. The quantitative estimate of drug-likeness (QED) is 0.779. The summed E-state index contributed by atoms with van der Waals surface area (Å²) in [7, 11) is -3.26. The number of thiol groups is 1. The van der Waals surface area contributed by atoms with Gasteiger partial charge in [-0.25, -0.2) is 8.42 Å². The van der Waals surface area contributed by atoms with E-state index in [1.807, 2.05) is 6.92 Å². The van der Waals surface area contributed by atoms with E-state index in [-0.39, 0.29) is 5.75 Å². The monoisotopic (exact) mass is 245 g/mol. The molecule has 15 heavy (non-hydrogen) atoms. The number of nitrogens with two attached hydrogens (primary N) is 1. The molecule has 1 aromatic carbocycles. The topological polar surface area (TPSA) is 60.2 Å². The lowest BCUT2D eigenvalue weighted by molar-refractivity contribution is 0.590. The van der Waals surface area contributed by atoms with Gasteiger partial charge in [0.1, 0.15) is 0 Å². The van der Waals surface area contributed by atoms with Crippen molar-refractivity contribution in [1.82, 2.24) is 0 Å². The van der Waals surface area contributed by atoms with Crippen LogP contribution < -0.4 is 5.73 Å². The van der Waals surface area contributed by atoms with Crippen LogP contribution in [0.2, 0.25) is 0 Å². The Hall–Kier alpha value is -0.520. The van der Waals surface area contributed by atoms with Gasteiger partial charge < -0.3 is 5.73 Å². The van der Waals surface area contributed by atoms with Gasteiger partial charge in [0.2, 0.25) is 0 Å². The zero-order valence-electron chi connectivity index (χ0n) is 8.55. The number of hydrogen-bond donors (Lipinski definition) is 2. The summed E-state index contributed by atoms with van der Waals surface area (Å²) >= 11 is 3.97. The second-order valence-electron chi connectivity index (χ2n) is 3.54. The molecule has 0 heterocycles. The molecule has 3 nitrogen and oxygen atoms in total. The number of hydrogen-bond acceptors (Lipinski definition) is 4. The maximum Gasteiger partial charge on any atom is 0.179 e. The third-order valence-corrected chi connectivity index (χ3v) is 4.37. The second-order valence-corrected chi connectivity index (χ2v) is 5.94. The average Bonchev–Trinajstić information content (AvgIpc) is 2.17. The van der Waals surface area contributed by atoms with Crippen molar-refractivity contribution in [2.45, 2.75) is 17.9 Å². The summed E-state index contributed by atoms with van der Waals surface area (Å²) in [6.45, 7) is 1.91. The molecule has 0 aliphatic heterocycles. The highest BCUT2D eigenvalue weighted by atomic mass is 32.2. The molecule has 0 saturated heterocycles. The van der Waals surface area contributed by atoms with Crippen molar-refractivity contribution in [2.75, 3.05) is 11.5 Å². The maximum absolute atomic E-state index is 11.8. The molecule has 1 unspecified atom stereocenters. The summed E-state index contributed by atoms with van der Waals surface area (Å²) in [5.41, 5.74) is 6.61. The first-order chi connectivity index (χ1) is 6.95. The molecule has 0 saturated carbocycles. The van der Waals surface area contributed by atoms with Crippen LogP contribution in [0.1, 0.15) is 5.56 Å². The summed E-state index contributed by atoms with van der Waals surface area (Å²) in [5, 5.41) is 0. The molecule has 2 N–H and O–H groups in total. The first-order valence-electron chi connectivity index (χ1n) is 4.61. The lowest BCUT2D eigenvalue weighted by Gasteiger charge is -2.09. The molecule has 0 amide bonds. The van der Waals surface area contributed by atoms with Crippen LogP contribution in [0.15, 0.2) is 29.2 Å². The van der Waals surface area contributed by atoms with Crippen molar-refractivity contribution >= 4 is 22.5 Å². The molecule has 1 atom stereocenters. The van der Waals surface area contributed by atoms with Gasteiger partial charge in [-0.05, 0) is 19.1 Å². The Bertz CT molecular complexity index is 412. The van der Waals surface area contributed by atoms with Crippen LogP contribution in [0.5, 0.6) is 0 Å². The Morgan fingerprint density at radius 2 is 1.87 bits per heavy atom. The summed E-state index contributed by atoms with van der Waals surface area (Å²) in [5.74, 6) is 0.310. The minimum Gasteiger partial charge on any atom is -0.326 e. The first-order valence-corrected chi connectivity index (χ1v) is 6.90. The van der Waals surface area contributed by atoms with Crippen LogP contribution in [0, 0.1) is 6.92 Å². The highest BCUT2D eigenvalue weighted by molar-refractivity contribution is 7.91. The van der Waals surface area contributed by atoms with E-state index in [0.717, 1.165) is 5.56 Å². The predicted octanol–water partition coefficient (Wildman–Crippen LogP) is 1.03. The molecule has 0 aliphatic carbocycles. The fourth-order valence-electron chi connectivity index (χ4n) is 1.18. The van der Waals surface area contributed by atoms with Crippen molar-refractivity contribution < 1.29 is 8.42 Å². The third kappa shape index (κ3) is 3.52. The van der Waals surface area contributed by atoms with Crippen LogP contribution in [0.4, 0.5) is 0 Å². The Labute approximate surface area is 96.0 Å². The molecular weight excluding hydrogens is 230 g/mol. The van der Waals surface area contributed by atoms with Crippen molar-refractivity contribution in [3.05, 3.63) is 29.8 Å². The molecule has 0 aromatic heterocycles. The molecule has 0 spiro atoms. The molecule has 84 valence electrons. The summed E-state index contributed by atoms with van der Waals surface area (Å²) in [6.07, 6.45) is 0. The van der Waals surface area contributed by atoms with Gasteiger partial charge in [0.25, 0.3) is 0 Å². The minimum atomic E-state index is -3.26. The van der Waals surface area contributed by atoms with Gasteiger partial charge in [-0.2, -0.15) is 12.6 Å². The van der Waals surface area contributed by atoms with Gasteiger partial charge in [0, 0.05) is 11.8 Å². The third-order valence-electron chi connectivity index (χ3n) is 2.05. The van der Waals surface area contributed by atoms with Gasteiger partial charge in [0.15, 0.2) is 9.84 Å². The molecule has 0 bridgehead atoms. The number of aryl methyl sites for hydroxylation is 1. The molecular formula is C10H15NO2S2. The zero-order valence-corrected chi connectivity index (χ0v) is 10.3. The fraction of sp³-hybridized carbons (Fsp3) is 0.400. The minimum absolute atomic E-state index is 0.0560. The van der Waals surface area contributed by atoms with Gasteiger partial charge in [-0.1, -0.05) is 17.7 Å². The zero-order chi connectivity index (χ0) is 11.5. The van der Waals surface area contributed by atoms with Crippen molar-refractivity contribution in [1.29, 1.82) is 0 Å². The van der Waals surface area contributed by atoms with E-state index in [2.05, 4.69) is 12.6 Å². The van der Waals surface area contributed by atoms with Crippen LogP contribution in [0.3, 0.4) is 0 Å². The van der Waals surface area contributed by atoms with Gasteiger partial charge >= 0.3 is 0 Å². The van der Waals surface area contributed by atoms with Gasteiger partial charge in [-0.3, -0.25) is 0 Å². The number of rotatable bonds is 4. The molecule has 1 rings (SSSR count). The van der Waals surface area contributed by atoms with E-state index >= 15 is 0 Å². The lowest BCUT2D eigenvalue weighted by Crippen LogP contribution is -2.31. The van der Waals surface area contributed by atoms with Crippen LogP contribution in [0.25, 0.3) is 0 Å². The van der Waals surface area contributed by atoms with E-state index in [1.54, 1.807) is 24.3 Å². The summed E-state index contributed by atoms with van der Waals surface area (Å²) < 4.78 is 23.6. The Morgan fingerprint density at radius 3 is 2.33 bits per heavy atom. The van der Waals surface area contributed by atoms with Crippen molar-refractivity contribution in [3.63, 3.8) is 0 Å². The molecule has 5 heteroatoms. The Morgan fingerprint density at radius 1 is 1.33 bits per heavy atom. The molecule has 0 fully saturated rings. The van der Waals surface area contributed by atoms with Crippen LogP contribution in [-0.4, -0.2) is 26.0 Å². The van der Waals surface area contributed by atoms with Crippen LogP contribution >= 0.6 is 12.6 Å². The molecule has 0 aliphatic rings. The standard InChI is InChI=1S/C10H15NO2S2/c1-8-2-4-10(5-3-8)15(12,13)7-9(11)6-14/h2-5,9,14H,6-7,11H2,1H3. The maximum atomic E-state index is 11.8. The fourth-order valence-corrected chi connectivity index (χ4v) is 2.90. The Kier molecular flexibility index (Phi) is 4.19. The molecule has 1 aromatic rings. The van der Waals surface area contributed by atoms with Gasteiger partial charge in [0.05, 0.1) is 10.6 Å². The van der Waals surface area contributed by atoms with Gasteiger partial charge in [-0.15, -0.1) is 0 Å². The molecule has 0 radical (unpaired) electrons. The van der Waals surface area contributed by atoms with E-state index in [9.17, 15) is 8.42 Å². The Balaban J connectivity index is 2.91. The predicted molar refractivity (Wildman–Crippen MR) is 65.1 cm³/mol. The van der Waals surface area contributed by atoms with E-state index in [4.69, 9.17) is 5.73 Å². The van der Waals surface area contributed by atoms with Crippen molar-refractivity contribution in [3.8, 4) is 0 Å². The SMILES string of the molecule is Cc1ccc(S(=O)(=O)CC(N)CS)cc1. The lowest BCUT2D eigenvalue weighted by atomic mass is 10.2. The smallest absolute Gasteiger partial charge is 0.179 e.